The SMILES string of the molecule is COC(=O)C1(Oc2cc(NC(=O)N3CCC(O)(CC(C)C)CC3)cc(Oc3ccc(F)cc3)c2)CC1. The Labute approximate surface area is 210 Å². The molecule has 1 saturated carbocycles. The van der Waals surface area contributed by atoms with Crippen molar-refractivity contribution in [2.75, 3.05) is 25.5 Å². The number of nitrogens with zero attached hydrogens (tertiary/aromatic N) is 1. The maximum Gasteiger partial charge on any atom is 0.350 e. The maximum absolute atomic E-state index is 13.3. The van der Waals surface area contributed by atoms with Gasteiger partial charge < -0.3 is 29.5 Å². The molecule has 2 fully saturated rings. The predicted molar refractivity (Wildman–Crippen MR) is 132 cm³/mol. The second-order valence-electron chi connectivity index (χ2n) is 10.1. The Morgan fingerprint density at radius 3 is 2.25 bits per heavy atom. The van der Waals surface area contributed by atoms with E-state index in [4.69, 9.17) is 14.2 Å². The number of hydrogen-bond donors (Lipinski definition) is 2. The zero-order valence-electron chi connectivity index (χ0n) is 20.9. The zero-order chi connectivity index (χ0) is 25.9. The van der Waals surface area contributed by atoms with E-state index in [2.05, 4.69) is 19.2 Å². The van der Waals surface area contributed by atoms with Gasteiger partial charge in [0, 0.05) is 49.8 Å². The van der Waals surface area contributed by atoms with Crippen LogP contribution < -0.4 is 14.8 Å². The number of esters is 1. The number of halogens is 1. The van der Waals surface area contributed by atoms with Gasteiger partial charge in [0.15, 0.2) is 0 Å². The molecule has 0 radical (unpaired) electrons. The van der Waals surface area contributed by atoms with Gasteiger partial charge in [0.2, 0.25) is 5.60 Å². The number of methoxy groups -OCH3 is 1. The van der Waals surface area contributed by atoms with Crippen LogP contribution >= 0.6 is 0 Å². The lowest BCUT2D eigenvalue weighted by molar-refractivity contribution is -0.151. The lowest BCUT2D eigenvalue weighted by atomic mass is 9.84. The van der Waals surface area contributed by atoms with Crippen LogP contribution in [0.15, 0.2) is 42.5 Å². The van der Waals surface area contributed by atoms with Crippen LogP contribution in [0.2, 0.25) is 0 Å². The number of nitrogens with one attached hydrogen (secondary N) is 1. The lowest BCUT2D eigenvalue weighted by Crippen LogP contribution is -2.48. The predicted octanol–water partition coefficient (Wildman–Crippen LogP) is 5.11. The highest BCUT2D eigenvalue weighted by molar-refractivity contribution is 5.90. The van der Waals surface area contributed by atoms with Crippen molar-refractivity contribution in [2.45, 2.75) is 57.2 Å². The molecule has 2 amide bonds. The first kappa shape index (κ1) is 25.8. The van der Waals surface area contributed by atoms with E-state index in [1.165, 1.54) is 31.4 Å². The van der Waals surface area contributed by atoms with Gasteiger partial charge >= 0.3 is 12.0 Å². The van der Waals surface area contributed by atoms with Crippen molar-refractivity contribution in [3.63, 3.8) is 0 Å². The standard InChI is InChI=1S/C27H33FN2O6/c1-18(2)17-26(33)10-12-30(13-11-26)25(32)29-20-14-22(35-21-6-4-19(28)5-7-21)16-23(15-20)36-27(8-9-27)24(31)34-3/h4-7,14-16,18,33H,8-13,17H2,1-3H3,(H,29,32). The van der Waals surface area contributed by atoms with Crippen LogP contribution in [0, 0.1) is 11.7 Å². The second-order valence-corrected chi connectivity index (χ2v) is 10.1. The molecule has 2 aliphatic rings. The number of rotatable bonds is 8. The number of ether oxygens (including phenoxy) is 3. The van der Waals surface area contributed by atoms with E-state index in [1.807, 2.05) is 0 Å². The molecule has 0 unspecified atom stereocenters. The summed E-state index contributed by atoms with van der Waals surface area (Å²) in [5.41, 5.74) is -1.38. The third kappa shape index (κ3) is 6.26. The molecule has 194 valence electrons. The first-order valence-corrected chi connectivity index (χ1v) is 12.2. The van der Waals surface area contributed by atoms with E-state index in [0.29, 0.717) is 74.0 Å². The Morgan fingerprint density at radius 2 is 1.67 bits per heavy atom. The third-order valence-electron chi connectivity index (χ3n) is 6.52. The molecule has 2 N–H and O–H groups in total. The Kier molecular flexibility index (Phi) is 7.40. The van der Waals surface area contributed by atoms with Crippen molar-refractivity contribution in [1.29, 1.82) is 0 Å². The van der Waals surface area contributed by atoms with Crippen LogP contribution in [0.3, 0.4) is 0 Å². The number of amides is 2. The first-order chi connectivity index (χ1) is 17.1. The number of benzene rings is 2. The van der Waals surface area contributed by atoms with Crippen molar-refractivity contribution in [3.05, 3.63) is 48.3 Å². The molecule has 0 aromatic heterocycles. The minimum absolute atomic E-state index is 0.305. The normalized spacial score (nSPS) is 17.9. The molecule has 1 heterocycles. The number of carbonyl (C=O) groups is 2. The number of hydrogen-bond acceptors (Lipinski definition) is 6. The molecular formula is C27H33FN2O6. The molecule has 0 atom stereocenters. The molecule has 2 aromatic carbocycles. The summed E-state index contributed by atoms with van der Waals surface area (Å²) in [6.45, 7) is 5.03. The van der Waals surface area contributed by atoms with Crippen LogP contribution in [0.25, 0.3) is 0 Å². The summed E-state index contributed by atoms with van der Waals surface area (Å²) in [5, 5.41) is 13.7. The molecule has 2 aromatic rings. The van der Waals surface area contributed by atoms with Gasteiger partial charge in [-0.1, -0.05) is 13.8 Å². The van der Waals surface area contributed by atoms with E-state index in [0.717, 1.165) is 0 Å². The Balaban J connectivity index is 1.50. The maximum atomic E-state index is 13.3. The van der Waals surface area contributed by atoms with Gasteiger partial charge in [0.05, 0.1) is 12.7 Å². The number of likely N-dealkylation sites (tertiary alicyclic amines) is 1. The number of piperidine rings is 1. The highest BCUT2D eigenvalue weighted by Crippen LogP contribution is 2.43. The van der Waals surface area contributed by atoms with Crippen LogP contribution in [-0.2, 0) is 9.53 Å². The summed E-state index contributed by atoms with van der Waals surface area (Å²) in [6.07, 6.45) is 2.79. The monoisotopic (exact) mass is 500 g/mol. The van der Waals surface area contributed by atoms with Crippen molar-refractivity contribution in [3.8, 4) is 17.2 Å². The molecule has 0 bridgehead atoms. The van der Waals surface area contributed by atoms with Gasteiger partial charge in [-0.25, -0.2) is 14.0 Å². The number of urea groups is 1. The highest BCUT2D eigenvalue weighted by Gasteiger charge is 2.54. The van der Waals surface area contributed by atoms with Crippen molar-refractivity contribution >= 4 is 17.7 Å². The van der Waals surface area contributed by atoms with Gasteiger partial charge in [0.1, 0.15) is 23.1 Å². The second kappa shape index (κ2) is 10.3. The van der Waals surface area contributed by atoms with E-state index >= 15 is 0 Å². The van der Waals surface area contributed by atoms with Crippen LogP contribution in [0.4, 0.5) is 14.9 Å². The fraction of sp³-hybridized carbons (Fsp3) is 0.481. The van der Waals surface area contributed by atoms with Crippen molar-refractivity contribution in [1.82, 2.24) is 4.90 Å². The van der Waals surface area contributed by atoms with Gasteiger partial charge in [-0.15, -0.1) is 0 Å². The van der Waals surface area contributed by atoms with E-state index < -0.39 is 17.2 Å². The fourth-order valence-electron chi connectivity index (χ4n) is 4.57. The van der Waals surface area contributed by atoms with Crippen LogP contribution in [0.5, 0.6) is 17.2 Å². The molecule has 1 aliphatic carbocycles. The smallest absolute Gasteiger partial charge is 0.350 e. The number of anilines is 1. The molecular weight excluding hydrogens is 467 g/mol. The average Bonchev–Trinajstić information content (AvgIpc) is 3.60. The van der Waals surface area contributed by atoms with Gasteiger partial charge in [-0.2, -0.15) is 0 Å². The Hall–Kier alpha value is -3.33. The van der Waals surface area contributed by atoms with Crippen molar-refractivity contribution < 1.29 is 33.3 Å². The fourth-order valence-corrected chi connectivity index (χ4v) is 4.57. The quantitative estimate of drug-likeness (QED) is 0.489. The molecule has 8 nitrogen and oxygen atoms in total. The van der Waals surface area contributed by atoms with Crippen LogP contribution in [0.1, 0.15) is 46.0 Å². The van der Waals surface area contributed by atoms with Crippen LogP contribution in [-0.4, -0.2) is 53.4 Å². The molecule has 9 heteroatoms. The molecule has 1 saturated heterocycles. The Morgan fingerprint density at radius 1 is 1.03 bits per heavy atom. The molecule has 4 rings (SSSR count). The van der Waals surface area contributed by atoms with Gasteiger partial charge in [-0.05, 0) is 49.4 Å². The topological polar surface area (TPSA) is 97.3 Å². The average molecular weight is 501 g/mol. The summed E-state index contributed by atoms with van der Waals surface area (Å²) in [7, 11) is 1.31. The first-order valence-electron chi connectivity index (χ1n) is 12.2. The van der Waals surface area contributed by atoms with Gasteiger partial charge in [-0.3, -0.25) is 0 Å². The number of aliphatic hydroxyl groups is 1. The summed E-state index contributed by atoms with van der Waals surface area (Å²) in [6, 6.07) is 10.1. The summed E-state index contributed by atoms with van der Waals surface area (Å²) in [4.78, 5) is 26.9. The minimum atomic E-state index is -1.04. The largest absolute Gasteiger partial charge is 0.475 e. The van der Waals surface area contributed by atoms with E-state index in [1.54, 1.807) is 23.1 Å². The van der Waals surface area contributed by atoms with Crippen molar-refractivity contribution in [2.24, 2.45) is 5.92 Å². The van der Waals surface area contributed by atoms with E-state index in [9.17, 15) is 19.1 Å². The Bertz CT molecular complexity index is 1090. The number of carbonyl (C=O) groups excluding carboxylic acids is 2. The molecule has 36 heavy (non-hydrogen) atoms. The van der Waals surface area contributed by atoms with Gasteiger partial charge in [0.25, 0.3) is 0 Å². The molecule has 1 aliphatic heterocycles. The summed E-state index contributed by atoms with van der Waals surface area (Å²) < 4.78 is 30.0. The molecule has 0 spiro atoms. The zero-order valence-corrected chi connectivity index (χ0v) is 20.9. The lowest BCUT2D eigenvalue weighted by Gasteiger charge is -2.39. The third-order valence-corrected chi connectivity index (χ3v) is 6.52. The summed E-state index contributed by atoms with van der Waals surface area (Å²) >= 11 is 0. The minimum Gasteiger partial charge on any atom is -0.475 e. The summed E-state index contributed by atoms with van der Waals surface area (Å²) in [5.74, 6) is 0.610. The van der Waals surface area contributed by atoms with E-state index in [-0.39, 0.29) is 11.8 Å². The highest BCUT2D eigenvalue weighted by atomic mass is 19.1.